The standard InChI is InChI=1S/C20H15F3N2O4S/c1-27-11-15(18(26)28-2)14-8-3-4-9-16(14)29-19-24-17(25-30-19)12-6-5-7-13(10-12)20(21,22)23/h3-11H,1-2H3/b15-11-. The monoisotopic (exact) mass is 436 g/mol. The molecule has 10 heteroatoms. The molecule has 6 nitrogen and oxygen atoms in total. The maximum absolute atomic E-state index is 12.9. The summed E-state index contributed by atoms with van der Waals surface area (Å²) in [4.78, 5) is 16.2. The van der Waals surface area contributed by atoms with E-state index < -0.39 is 17.7 Å². The summed E-state index contributed by atoms with van der Waals surface area (Å²) in [6.45, 7) is 0. The third-order valence-corrected chi connectivity index (χ3v) is 4.47. The molecule has 0 amide bonds. The van der Waals surface area contributed by atoms with Crippen LogP contribution in [0.1, 0.15) is 11.1 Å². The van der Waals surface area contributed by atoms with Crippen molar-refractivity contribution in [2.75, 3.05) is 14.2 Å². The number of hydrogen-bond acceptors (Lipinski definition) is 7. The van der Waals surface area contributed by atoms with E-state index in [1.54, 1.807) is 24.3 Å². The van der Waals surface area contributed by atoms with Crippen molar-refractivity contribution in [2.24, 2.45) is 0 Å². The predicted molar refractivity (Wildman–Crippen MR) is 104 cm³/mol. The number of alkyl halides is 3. The highest BCUT2D eigenvalue weighted by Crippen LogP contribution is 2.35. The number of halogens is 3. The van der Waals surface area contributed by atoms with Crippen LogP contribution in [-0.2, 0) is 20.4 Å². The molecule has 0 aliphatic heterocycles. The Morgan fingerprint density at radius 3 is 2.57 bits per heavy atom. The van der Waals surface area contributed by atoms with E-state index >= 15 is 0 Å². The van der Waals surface area contributed by atoms with Gasteiger partial charge in [0.15, 0.2) is 5.82 Å². The Balaban J connectivity index is 1.91. The number of hydrogen-bond donors (Lipinski definition) is 0. The zero-order chi connectivity index (χ0) is 21.7. The van der Waals surface area contributed by atoms with Gasteiger partial charge in [-0.3, -0.25) is 0 Å². The molecule has 0 aliphatic carbocycles. The molecule has 0 radical (unpaired) electrons. The number of ether oxygens (including phenoxy) is 3. The lowest BCUT2D eigenvalue weighted by Crippen LogP contribution is -2.05. The van der Waals surface area contributed by atoms with E-state index in [9.17, 15) is 18.0 Å². The summed E-state index contributed by atoms with van der Waals surface area (Å²) >= 11 is 0.869. The van der Waals surface area contributed by atoms with Crippen molar-refractivity contribution >= 4 is 23.1 Å². The molecule has 2 aromatic carbocycles. The molecule has 156 valence electrons. The number of nitrogens with zero attached hydrogens (tertiary/aromatic N) is 2. The van der Waals surface area contributed by atoms with E-state index in [0.29, 0.717) is 5.56 Å². The lowest BCUT2D eigenvalue weighted by Gasteiger charge is -2.10. The Morgan fingerprint density at radius 2 is 1.87 bits per heavy atom. The van der Waals surface area contributed by atoms with Crippen LogP contribution in [0, 0.1) is 0 Å². The highest BCUT2D eigenvalue weighted by molar-refractivity contribution is 7.07. The van der Waals surface area contributed by atoms with Crippen molar-refractivity contribution in [3.05, 3.63) is 65.9 Å². The van der Waals surface area contributed by atoms with Gasteiger partial charge < -0.3 is 14.2 Å². The van der Waals surface area contributed by atoms with Crippen LogP contribution < -0.4 is 4.74 Å². The van der Waals surface area contributed by atoms with Gasteiger partial charge in [-0.25, -0.2) is 4.79 Å². The van der Waals surface area contributed by atoms with Gasteiger partial charge in [0, 0.05) is 22.7 Å². The van der Waals surface area contributed by atoms with Crippen molar-refractivity contribution in [2.45, 2.75) is 6.18 Å². The Morgan fingerprint density at radius 1 is 1.10 bits per heavy atom. The molecule has 1 heterocycles. The Bertz CT molecular complexity index is 1080. The summed E-state index contributed by atoms with van der Waals surface area (Å²) < 4.78 is 58.4. The number of benzene rings is 2. The number of rotatable bonds is 6. The van der Waals surface area contributed by atoms with Gasteiger partial charge in [0.25, 0.3) is 5.19 Å². The van der Waals surface area contributed by atoms with Crippen molar-refractivity contribution in [3.63, 3.8) is 0 Å². The van der Waals surface area contributed by atoms with Gasteiger partial charge in [-0.2, -0.15) is 22.5 Å². The highest BCUT2D eigenvalue weighted by atomic mass is 32.1. The van der Waals surface area contributed by atoms with E-state index in [4.69, 9.17) is 14.2 Å². The second-order valence-electron chi connectivity index (χ2n) is 5.82. The summed E-state index contributed by atoms with van der Waals surface area (Å²) in [6, 6.07) is 11.3. The highest BCUT2D eigenvalue weighted by Gasteiger charge is 2.30. The number of methoxy groups -OCH3 is 2. The van der Waals surface area contributed by atoms with Gasteiger partial charge in [-0.1, -0.05) is 30.3 Å². The minimum Gasteiger partial charge on any atom is -0.503 e. The summed E-state index contributed by atoms with van der Waals surface area (Å²) in [5.41, 5.74) is -0.0750. The molecule has 0 unspecified atom stereocenters. The van der Waals surface area contributed by atoms with E-state index in [2.05, 4.69) is 9.36 Å². The summed E-state index contributed by atoms with van der Waals surface area (Å²) in [5.74, 6) is -0.257. The van der Waals surface area contributed by atoms with E-state index in [0.717, 1.165) is 23.7 Å². The maximum atomic E-state index is 12.9. The van der Waals surface area contributed by atoms with Crippen LogP contribution in [0.2, 0.25) is 0 Å². The lowest BCUT2D eigenvalue weighted by atomic mass is 10.1. The second kappa shape index (κ2) is 8.95. The Kier molecular flexibility index (Phi) is 6.36. The largest absolute Gasteiger partial charge is 0.503 e. The van der Waals surface area contributed by atoms with Crippen LogP contribution in [-0.4, -0.2) is 29.5 Å². The maximum Gasteiger partial charge on any atom is 0.416 e. The quantitative estimate of drug-likeness (QED) is 0.301. The van der Waals surface area contributed by atoms with Crippen molar-refractivity contribution in [1.29, 1.82) is 0 Å². The molecule has 0 bridgehead atoms. The van der Waals surface area contributed by atoms with Crippen LogP contribution in [0.4, 0.5) is 13.2 Å². The van der Waals surface area contributed by atoms with Gasteiger partial charge in [-0.15, -0.1) is 0 Å². The first kappa shape index (κ1) is 21.3. The molecular formula is C20H15F3N2O4S. The normalized spacial score (nSPS) is 11.8. The molecule has 3 aromatic rings. The first-order valence-electron chi connectivity index (χ1n) is 8.43. The average molecular weight is 436 g/mol. The molecule has 1 aromatic heterocycles. The third-order valence-electron chi connectivity index (χ3n) is 3.87. The summed E-state index contributed by atoms with van der Waals surface area (Å²) in [5, 5.41) is 0.0940. The zero-order valence-corrected chi connectivity index (χ0v) is 16.6. The van der Waals surface area contributed by atoms with Crippen molar-refractivity contribution in [1.82, 2.24) is 9.36 Å². The van der Waals surface area contributed by atoms with Crippen LogP contribution >= 0.6 is 11.5 Å². The van der Waals surface area contributed by atoms with E-state index in [1.165, 1.54) is 32.6 Å². The molecule has 30 heavy (non-hydrogen) atoms. The molecule has 0 saturated carbocycles. The first-order chi connectivity index (χ1) is 14.3. The molecule has 3 rings (SSSR count). The number of aromatic nitrogens is 2. The van der Waals surface area contributed by atoms with Gasteiger partial charge in [0.1, 0.15) is 11.3 Å². The molecule has 0 N–H and O–H groups in total. The molecule has 0 spiro atoms. The number of carbonyl (C=O) groups excluding carboxylic acids is 1. The SMILES string of the molecule is CO/C=C(\C(=O)OC)c1ccccc1Oc1nc(-c2cccc(C(F)(F)F)c2)ns1. The summed E-state index contributed by atoms with van der Waals surface area (Å²) in [6.07, 6.45) is -3.25. The lowest BCUT2D eigenvalue weighted by molar-refractivity contribution is -0.137. The minimum absolute atomic E-state index is 0.0940. The number of para-hydroxylation sites is 1. The van der Waals surface area contributed by atoms with E-state index in [1.807, 2.05) is 0 Å². The second-order valence-corrected chi connectivity index (χ2v) is 6.53. The Labute approximate surface area is 173 Å². The minimum atomic E-state index is -4.47. The van der Waals surface area contributed by atoms with Crippen molar-refractivity contribution in [3.8, 4) is 22.3 Å². The number of esters is 1. The smallest absolute Gasteiger partial charge is 0.416 e. The van der Waals surface area contributed by atoms with E-state index in [-0.39, 0.29) is 27.9 Å². The van der Waals surface area contributed by atoms with Crippen LogP contribution in [0.5, 0.6) is 10.9 Å². The topological polar surface area (TPSA) is 70.5 Å². The molecule has 0 fully saturated rings. The van der Waals surface area contributed by atoms with Gasteiger partial charge in [0.05, 0.1) is 26.0 Å². The fourth-order valence-electron chi connectivity index (χ4n) is 2.52. The molecule has 0 aliphatic rings. The zero-order valence-electron chi connectivity index (χ0n) is 15.8. The molecule has 0 saturated heterocycles. The van der Waals surface area contributed by atoms with Gasteiger partial charge >= 0.3 is 12.1 Å². The first-order valence-corrected chi connectivity index (χ1v) is 9.20. The summed E-state index contributed by atoms with van der Waals surface area (Å²) in [7, 11) is 2.62. The molecular weight excluding hydrogens is 421 g/mol. The van der Waals surface area contributed by atoms with Crippen LogP contribution in [0.3, 0.4) is 0 Å². The fraction of sp³-hybridized carbons (Fsp3) is 0.150. The number of carbonyl (C=O) groups is 1. The Hall–Kier alpha value is -3.40. The predicted octanol–water partition coefficient (Wildman–Crippen LogP) is 5.18. The average Bonchev–Trinajstić information content (AvgIpc) is 3.20. The van der Waals surface area contributed by atoms with Crippen LogP contribution in [0.15, 0.2) is 54.8 Å². The molecule has 0 atom stereocenters. The van der Waals surface area contributed by atoms with Crippen molar-refractivity contribution < 1.29 is 32.2 Å². The van der Waals surface area contributed by atoms with Gasteiger partial charge in [-0.05, 0) is 18.2 Å². The van der Waals surface area contributed by atoms with Gasteiger partial charge in [0.2, 0.25) is 0 Å². The van der Waals surface area contributed by atoms with Crippen LogP contribution in [0.25, 0.3) is 17.0 Å². The third kappa shape index (κ3) is 4.77. The fourth-order valence-corrected chi connectivity index (χ4v) is 3.09.